The first-order valence-corrected chi connectivity index (χ1v) is 5.64. The van der Waals surface area contributed by atoms with Crippen molar-refractivity contribution in [2.24, 2.45) is 0 Å². The number of hydrogen-bond donors (Lipinski definition) is 0. The Morgan fingerprint density at radius 3 is 2.25 bits per heavy atom. The molecule has 0 aliphatic heterocycles. The molecule has 0 aliphatic rings. The van der Waals surface area contributed by atoms with Crippen molar-refractivity contribution in [1.29, 1.82) is 0 Å². The Morgan fingerprint density at radius 1 is 1.00 bits per heavy atom. The van der Waals surface area contributed by atoms with E-state index in [1.54, 1.807) is 6.92 Å². The molecular weight excluding hydrogens is 196 g/mol. The van der Waals surface area contributed by atoms with Crippen LogP contribution >= 0.6 is 0 Å². The van der Waals surface area contributed by atoms with Crippen molar-refractivity contribution < 1.29 is 4.79 Å². The third kappa shape index (κ3) is 1.73. The maximum absolute atomic E-state index is 11.5. The summed E-state index contributed by atoms with van der Waals surface area (Å²) in [4.78, 5) is 11.5. The third-order valence-electron chi connectivity index (χ3n) is 2.96. The number of rotatable bonds is 2. The fourth-order valence-corrected chi connectivity index (χ4v) is 2.14. The van der Waals surface area contributed by atoms with E-state index in [-0.39, 0.29) is 5.78 Å². The number of carbonyl (C=O) groups is 1. The van der Waals surface area contributed by atoms with Crippen molar-refractivity contribution in [3.8, 4) is 0 Å². The van der Waals surface area contributed by atoms with E-state index in [0.717, 1.165) is 10.9 Å². The molecule has 0 saturated carbocycles. The first-order chi connectivity index (χ1) is 7.61. The number of carbonyl (C=O) groups excluding carboxylic acids is 1. The minimum atomic E-state index is 0.131. The second kappa shape index (κ2) is 4.09. The van der Waals surface area contributed by atoms with Crippen LogP contribution in [-0.2, 0) is 0 Å². The summed E-state index contributed by atoms with van der Waals surface area (Å²) < 4.78 is 0. The van der Waals surface area contributed by atoms with Gasteiger partial charge < -0.3 is 0 Å². The van der Waals surface area contributed by atoms with Gasteiger partial charge in [-0.2, -0.15) is 0 Å². The molecule has 0 aromatic heterocycles. The summed E-state index contributed by atoms with van der Waals surface area (Å²) in [5, 5.41) is 2.27. The number of benzene rings is 2. The van der Waals surface area contributed by atoms with E-state index in [1.807, 2.05) is 24.3 Å². The van der Waals surface area contributed by atoms with Crippen LogP contribution in [0.3, 0.4) is 0 Å². The van der Waals surface area contributed by atoms with Crippen LogP contribution in [0.5, 0.6) is 0 Å². The Bertz CT molecular complexity index is 538. The molecule has 2 aromatic rings. The topological polar surface area (TPSA) is 17.1 Å². The summed E-state index contributed by atoms with van der Waals surface area (Å²) in [5.74, 6) is 0.609. The van der Waals surface area contributed by atoms with Gasteiger partial charge in [0.05, 0.1) is 0 Å². The lowest BCUT2D eigenvalue weighted by Crippen LogP contribution is -1.96. The third-order valence-corrected chi connectivity index (χ3v) is 2.96. The predicted molar refractivity (Wildman–Crippen MR) is 68.0 cm³/mol. The maximum Gasteiger partial charge on any atom is 0.160 e. The molecule has 0 atom stereocenters. The summed E-state index contributed by atoms with van der Waals surface area (Å²) in [5.41, 5.74) is 2.13. The second-order valence-electron chi connectivity index (χ2n) is 4.46. The predicted octanol–water partition coefficient (Wildman–Crippen LogP) is 4.17. The molecule has 0 fully saturated rings. The Kier molecular flexibility index (Phi) is 2.78. The molecule has 2 rings (SSSR count). The van der Waals surface area contributed by atoms with Crippen molar-refractivity contribution in [2.45, 2.75) is 26.7 Å². The Morgan fingerprint density at radius 2 is 1.62 bits per heavy atom. The van der Waals surface area contributed by atoms with E-state index in [1.165, 1.54) is 10.9 Å². The molecule has 0 heterocycles. The van der Waals surface area contributed by atoms with Crippen molar-refractivity contribution in [3.63, 3.8) is 0 Å². The molecule has 82 valence electrons. The van der Waals surface area contributed by atoms with Crippen LogP contribution in [0.2, 0.25) is 0 Å². The highest BCUT2D eigenvalue weighted by atomic mass is 16.1. The van der Waals surface area contributed by atoms with Crippen molar-refractivity contribution in [2.75, 3.05) is 0 Å². The van der Waals surface area contributed by atoms with Gasteiger partial charge in [-0.15, -0.1) is 0 Å². The van der Waals surface area contributed by atoms with Crippen LogP contribution in [0.1, 0.15) is 42.6 Å². The van der Waals surface area contributed by atoms with Gasteiger partial charge >= 0.3 is 0 Å². The van der Waals surface area contributed by atoms with E-state index in [4.69, 9.17) is 0 Å². The zero-order valence-corrected chi connectivity index (χ0v) is 9.95. The number of ketones is 1. The van der Waals surface area contributed by atoms with E-state index in [0.29, 0.717) is 5.92 Å². The minimum absolute atomic E-state index is 0.131. The van der Waals surface area contributed by atoms with E-state index in [2.05, 4.69) is 26.0 Å². The molecule has 16 heavy (non-hydrogen) atoms. The van der Waals surface area contributed by atoms with Crippen LogP contribution in [0.25, 0.3) is 10.8 Å². The van der Waals surface area contributed by atoms with Crippen LogP contribution in [-0.4, -0.2) is 5.78 Å². The van der Waals surface area contributed by atoms with Crippen LogP contribution in [0.4, 0.5) is 0 Å². The maximum atomic E-state index is 11.5. The highest BCUT2D eigenvalue weighted by Crippen LogP contribution is 2.27. The van der Waals surface area contributed by atoms with Crippen molar-refractivity contribution in [1.82, 2.24) is 0 Å². The van der Waals surface area contributed by atoms with Gasteiger partial charge in [0.25, 0.3) is 0 Å². The molecule has 1 heteroatoms. The minimum Gasteiger partial charge on any atom is -0.294 e. The van der Waals surface area contributed by atoms with Gasteiger partial charge in [-0.3, -0.25) is 4.79 Å². The second-order valence-corrected chi connectivity index (χ2v) is 4.46. The molecule has 1 nitrogen and oxygen atoms in total. The number of hydrogen-bond acceptors (Lipinski definition) is 1. The molecule has 0 radical (unpaired) electrons. The monoisotopic (exact) mass is 212 g/mol. The molecule has 0 spiro atoms. The van der Waals surface area contributed by atoms with Gasteiger partial charge in [-0.25, -0.2) is 0 Å². The summed E-state index contributed by atoms with van der Waals surface area (Å²) in [6.07, 6.45) is 0. The SMILES string of the molecule is CC(=O)c1cccc2c(C(C)C)cccc12. The van der Waals surface area contributed by atoms with Gasteiger partial charge in [0.2, 0.25) is 0 Å². The van der Waals surface area contributed by atoms with Crippen molar-refractivity contribution >= 4 is 16.6 Å². The average molecular weight is 212 g/mol. The molecule has 0 amide bonds. The van der Waals surface area contributed by atoms with E-state index >= 15 is 0 Å². The van der Waals surface area contributed by atoms with Gasteiger partial charge in [0.15, 0.2) is 5.78 Å². The normalized spacial score (nSPS) is 11.0. The van der Waals surface area contributed by atoms with Crippen molar-refractivity contribution in [3.05, 3.63) is 47.5 Å². The molecule has 0 saturated heterocycles. The van der Waals surface area contributed by atoms with Gasteiger partial charge in [0, 0.05) is 5.56 Å². The number of fused-ring (bicyclic) bond motifs is 1. The van der Waals surface area contributed by atoms with Crippen LogP contribution in [0.15, 0.2) is 36.4 Å². The molecule has 0 bridgehead atoms. The van der Waals surface area contributed by atoms with Crippen LogP contribution in [0, 0.1) is 0 Å². The summed E-state index contributed by atoms with van der Waals surface area (Å²) in [6.45, 7) is 5.97. The van der Waals surface area contributed by atoms with Gasteiger partial charge in [-0.05, 0) is 29.2 Å². The summed E-state index contributed by atoms with van der Waals surface area (Å²) in [6, 6.07) is 12.1. The van der Waals surface area contributed by atoms with E-state index < -0.39 is 0 Å². The first-order valence-electron chi connectivity index (χ1n) is 5.64. The zero-order valence-electron chi connectivity index (χ0n) is 9.95. The van der Waals surface area contributed by atoms with Gasteiger partial charge in [0.1, 0.15) is 0 Å². The number of Topliss-reactive ketones (excluding diaryl/α,β-unsaturated/α-hetero) is 1. The largest absolute Gasteiger partial charge is 0.294 e. The highest BCUT2D eigenvalue weighted by molar-refractivity contribution is 6.07. The highest BCUT2D eigenvalue weighted by Gasteiger charge is 2.09. The fraction of sp³-hybridized carbons (Fsp3) is 0.267. The lowest BCUT2D eigenvalue weighted by molar-refractivity contribution is 0.101. The standard InChI is InChI=1S/C15H16O/c1-10(2)12-6-4-9-15-13(11(3)16)7-5-8-14(12)15/h4-10H,1-3H3. The molecule has 0 N–H and O–H groups in total. The average Bonchev–Trinajstić information content (AvgIpc) is 2.27. The quantitative estimate of drug-likeness (QED) is 0.683. The smallest absolute Gasteiger partial charge is 0.160 e. The lowest BCUT2D eigenvalue weighted by atomic mass is 9.93. The zero-order chi connectivity index (χ0) is 11.7. The summed E-state index contributed by atoms with van der Waals surface area (Å²) in [7, 11) is 0. The molecular formula is C15H16O. The Labute approximate surface area is 96.1 Å². The lowest BCUT2D eigenvalue weighted by Gasteiger charge is -2.11. The Hall–Kier alpha value is -1.63. The Balaban J connectivity index is 2.81. The van der Waals surface area contributed by atoms with Crippen LogP contribution < -0.4 is 0 Å². The molecule has 2 aromatic carbocycles. The molecule has 0 unspecified atom stereocenters. The fourth-order valence-electron chi connectivity index (χ4n) is 2.14. The molecule has 0 aliphatic carbocycles. The van der Waals surface area contributed by atoms with E-state index in [9.17, 15) is 4.79 Å². The summed E-state index contributed by atoms with van der Waals surface area (Å²) >= 11 is 0. The first kappa shape index (κ1) is 10.9. The van der Waals surface area contributed by atoms with Gasteiger partial charge in [-0.1, -0.05) is 50.2 Å².